The second-order valence-electron chi connectivity index (χ2n) is 7.61. The molecule has 1 fully saturated rings. The highest BCUT2D eigenvalue weighted by atomic mass is 35.5. The maximum absolute atomic E-state index is 12.7. The second kappa shape index (κ2) is 9.87. The minimum atomic E-state index is -3.44. The molecule has 154 valence electrons. The van der Waals surface area contributed by atoms with E-state index in [-0.39, 0.29) is 35.5 Å². The van der Waals surface area contributed by atoms with E-state index in [4.69, 9.17) is 5.73 Å². The zero-order valence-electron chi connectivity index (χ0n) is 16.4. The van der Waals surface area contributed by atoms with E-state index in [0.717, 1.165) is 24.8 Å². The number of benzene rings is 1. The third kappa shape index (κ3) is 5.91. The molecule has 1 aliphatic heterocycles. The Morgan fingerprint density at radius 1 is 1.19 bits per heavy atom. The van der Waals surface area contributed by atoms with Crippen LogP contribution in [0.25, 0.3) is 0 Å². The SMILES string of the molecule is CC(C)C(C)(CN)NC(=O)Cc1ccc(S(=O)(=O)N2CCCCC2)cc1.Cl. The fraction of sp³-hybridized carbons (Fsp3) is 0.632. The predicted octanol–water partition coefficient (Wildman–Crippen LogP) is 2.32. The van der Waals surface area contributed by atoms with Gasteiger partial charge in [0, 0.05) is 19.6 Å². The highest BCUT2D eigenvalue weighted by Gasteiger charge is 2.29. The summed E-state index contributed by atoms with van der Waals surface area (Å²) in [4.78, 5) is 12.6. The molecule has 3 N–H and O–H groups in total. The smallest absolute Gasteiger partial charge is 0.243 e. The van der Waals surface area contributed by atoms with Crippen LogP contribution in [0.5, 0.6) is 0 Å². The lowest BCUT2D eigenvalue weighted by atomic mass is 9.88. The van der Waals surface area contributed by atoms with Crippen molar-refractivity contribution in [1.29, 1.82) is 0 Å². The van der Waals surface area contributed by atoms with Crippen LogP contribution < -0.4 is 11.1 Å². The number of amides is 1. The molecule has 1 amide bonds. The van der Waals surface area contributed by atoms with Gasteiger partial charge in [0.15, 0.2) is 0 Å². The topological polar surface area (TPSA) is 92.5 Å². The minimum absolute atomic E-state index is 0. The first-order valence-corrected chi connectivity index (χ1v) is 10.7. The zero-order chi connectivity index (χ0) is 19.4. The molecule has 0 aromatic heterocycles. The minimum Gasteiger partial charge on any atom is -0.349 e. The number of carbonyl (C=O) groups excluding carboxylic acids is 1. The fourth-order valence-electron chi connectivity index (χ4n) is 3.01. The van der Waals surface area contributed by atoms with E-state index in [1.165, 1.54) is 0 Å². The number of nitrogens with one attached hydrogen (secondary N) is 1. The Bertz CT molecular complexity index is 716. The van der Waals surface area contributed by atoms with Gasteiger partial charge in [0.25, 0.3) is 0 Å². The number of piperidine rings is 1. The largest absolute Gasteiger partial charge is 0.349 e. The Morgan fingerprint density at radius 2 is 1.74 bits per heavy atom. The van der Waals surface area contributed by atoms with Crippen LogP contribution >= 0.6 is 12.4 Å². The first-order chi connectivity index (χ1) is 12.2. The summed E-state index contributed by atoms with van der Waals surface area (Å²) in [5.74, 6) is 0.104. The molecule has 1 heterocycles. The van der Waals surface area contributed by atoms with Crippen molar-refractivity contribution >= 4 is 28.3 Å². The average Bonchev–Trinajstić information content (AvgIpc) is 2.62. The number of halogens is 1. The molecule has 1 unspecified atom stereocenters. The van der Waals surface area contributed by atoms with E-state index in [1.54, 1.807) is 28.6 Å². The van der Waals surface area contributed by atoms with Crippen molar-refractivity contribution in [3.05, 3.63) is 29.8 Å². The zero-order valence-corrected chi connectivity index (χ0v) is 18.0. The molecule has 1 saturated heterocycles. The summed E-state index contributed by atoms with van der Waals surface area (Å²) in [6.07, 6.45) is 3.10. The Kier molecular flexibility index (Phi) is 8.73. The molecule has 0 radical (unpaired) electrons. The molecule has 1 aromatic carbocycles. The maximum atomic E-state index is 12.7. The molecule has 1 aromatic rings. The number of hydrogen-bond acceptors (Lipinski definition) is 4. The number of nitrogens with zero attached hydrogens (tertiary/aromatic N) is 1. The lowest BCUT2D eigenvalue weighted by Gasteiger charge is -2.33. The van der Waals surface area contributed by atoms with E-state index >= 15 is 0 Å². The molecule has 0 saturated carbocycles. The van der Waals surface area contributed by atoms with Crippen molar-refractivity contribution in [1.82, 2.24) is 9.62 Å². The Labute approximate surface area is 169 Å². The lowest BCUT2D eigenvalue weighted by Crippen LogP contribution is -2.55. The summed E-state index contributed by atoms with van der Waals surface area (Å²) in [7, 11) is -3.44. The van der Waals surface area contributed by atoms with Crippen LogP contribution in [0, 0.1) is 5.92 Å². The number of rotatable bonds is 7. The molecule has 0 aliphatic carbocycles. The van der Waals surface area contributed by atoms with Crippen LogP contribution in [0.2, 0.25) is 0 Å². The summed E-state index contributed by atoms with van der Waals surface area (Å²) in [5, 5.41) is 3.00. The van der Waals surface area contributed by atoms with E-state index in [0.29, 0.717) is 19.6 Å². The fourth-order valence-corrected chi connectivity index (χ4v) is 4.53. The van der Waals surface area contributed by atoms with Crippen LogP contribution in [-0.4, -0.2) is 43.8 Å². The average molecular weight is 418 g/mol. The molecule has 0 spiro atoms. The molecule has 8 heteroatoms. The highest BCUT2D eigenvalue weighted by molar-refractivity contribution is 7.89. The Morgan fingerprint density at radius 3 is 2.22 bits per heavy atom. The number of hydrogen-bond donors (Lipinski definition) is 2. The number of carbonyl (C=O) groups is 1. The maximum Gasteiger partial charge on any atom is 0.243 e. The molecular formula is C19H32ClN3O3S. The van der Waals surface area contributed by atoms with Crippen LogP contribution in [0.3, 0.4) is 0 Å². The highest BCUT2D eigenvalue weighted by Crippen LogP contribution is 2.21. The van der Waals surface area contributed by atoms with Crippen molar-refractivity contribution in [2.45, 2.75) is 56.9 Å². The van der Waals surface area contributed by atoms with Gasteiger partial charge in [0.05, 0.1) is 16.9 Å². The summed E-state index contributed by atoms with van der Waals surface area (Å²) in [6.45, 7) is 7.51. The van der Waals surface area contributed by atoms with Crippen LogP contribution in [0.4, 0.5) is 0 Å². The van der Waals surface area contributed by atoms with Gasteiger partial charge in [0.2, 0.25) is 15.9 Å². The van der Waals surface area contributed by atoms with Crippen molar-refractivity contribution in [3.8, 4) is 0 Å². The van der Waals surface area contributed by atoms with Gasteiger partial charge in [-0.05, 0) is 43.4 Å². The molecule has 1 aliphatic rings. The molecular weight excluding hydrogens is 386 g/mol. The molecule has 1 atom stereocenters. The van der Waals surface area contributed by atoms with Gasteiger partial charge in [-0.25, -0.2) is 8.42 Å². The third-order valence-electron chi connectivity index (χ3n) is 5.36. The van der Waals surface area contributed by atoms with E-state index in [1.807, 2.05) is 20.8 Å². The van der Waals surface area contributed by atoms with Gasteiger partial charge in [-0.1, -0.05) is 32.4 Å². The van der Waals surface area contributed by atoms with E-state index in [9.17, 15) is 13.2 Å². The quantitative estimate of drug-likeness (QED) is 0.711. The van der Waals surface area contributed by atoms with Gasteiger partial charge in [-0.15, -0.1) is 12.4 Å². The molecule has 27 heavy (non-hydrogen) atoms. The normalized spacial score (nSPS) is 17.8. The second-order valence-corrected chi connectivity index (χ2v) is 9.55. The van der Waals surface area contributed by atoms with E-state index in [2.05, 4.69) is 5.32 Å². The van der Waals surface area contributed by atoms with Gasteiger partial charge >= 0.3 is 0 Å². The predicted molar refractivity (Wildman–Crippen MR) is 110 cm³/mol. The third-order valence-corrected chi connectivity index (χ3v) is 7.28. The number of nitrogens with two attached hydrogens (primary N) is 1. The number of sulfonamides is 1. The Balaban J connectivity index is 0.00000364. The monoisotopic (exact) mass is 417 g/mol. The van der Waals surface area contributed by atoms with Crippen molar-refractivity contribution in [3.63, 3.8) is 0 Å². The van der Waals surface area contributed by atoms with Gasteiger partial charge in [-0.3, -0.25) is 4.79 Å². The van der Waals surface area contributed by atoms with Gasteiger partial charge in [0.1, 0.15) is 0 Å². The van der Waals surface area contributed by atoms with Crippen molar-refractivity contribution in [2.24, 2.45) is 11.7 Å². The molecule has 0 bridgehead atoms. The summed E-state index contributed by atoms with van der Waals surface area (Å²) < 4.78 is 26.9. The van der Waals surface area contributed by atoms with Gasteiger partial charge < -0.3 is 11.1 Å². The van der Waals surface area contributed by atoms with Crippen LogP contribution in [0.1, 0.15) is 45.6 Å². The standard InChI is InChI=1S/C19H31N3O3S.ClH/c1-15(2)19(3,14-20)21-18(23)13-16-7-9-17(10-8-16)26(24,25)22-11-5-4-6-12-22;/h7-10,15H,4-6,11-14,20H2,1-3H3,(H,21,23);1H. The van der Waals surface area contributed by atoms with Gasteiger partial charge in [-0.2, -0.15) is 4.31 Å². The van der Waals surface area contributed by atoms with Crippen molar-refractivity contribution in [2.75, 3.05) is 19.6 Å². The van der Waals surface area contributed by atoms with Crippen LogP contribution in [0.15, 0.2) is 29.2 Å². The Hall–Kier alpha value is -1.15. The molecule has 6 nitrogen and oxygen atoms in total. The summed E-state index contributed by atoms with van der Waals surface area (Å²) in [6, 6.07) is 6.62. The lowest BCUT2D eigenvalue weighted by molar-refractivity contribution is -0.122. The first kappa shape index (κ1) is 23.9. The molecule has 2 rings (SSSR count). The van der Waals surface area contributed by atoms with Crippen molar-refractivity contribution < 1.29 is 13.2 Å². The summed E-state index contributed by atoms with van der Waals surface area (Å²) in [5.41, 5.74) is 6.13. The van der Waals surface area contributed by atoms with E-state index < -0.39 is 15.6 Å². The first-order valence-electron chi connectivity index (χ1n) is 9.29. The van der Waals surface area contributed by atoms with Crippen LogP contribution in [-0.2, 0) is 21.2 Å². The summed E-state index contributed by atoms with van der Waals surface area (Å²) >= 11 is 0.